The summed E-state index contributed by atoms with van der Waals surface area (Å²) in [4.78, 5) is 0. The Morgan fingerprint density at radius 3 is 2.40 bits per heavy atom. The van der Waals surface area contributed by atoms with E-state index >= 15 is 0 Å². The van der Waals surface area contributed by atoms with E-state index in [1.165, 1.54) is 6.07 Å². The van der Waals surface area contributed by atoms with Crippen LogP contribution in [0.4, 0.5) is 26.3 Å². The highest BCUT2D eigenvalue weighted by Gasteiger charge is 2.38. The van der Waals surface area contributed by atoms with Crippen LogP contribution >= 0.6 is 0 Å². The number of alkyl halides is 5. The molecule has 0 spiro atoms. The van der Waals surface area contributed by atoms with Crippen LogP contribution in [0, 0.1) is 35.4 Å². The fraction of sp³-hybridized carbons (Fsp3) is 0.316. The highest BCUT2D eigenvalue weighted by atomic mass is 19.4. The number of nitrogens with one attached hydrogen (secondary N) is 2. The van der Waals surface area contributed by atoms with Crippen LogP contribution in [0.2, 0.25) is 0 Å². The van der Waals surface area contributed by atoms with E-state index in [9.17, 15) is 36.9 Å². The lowest BCUT2D eigenvalue weighted by Gasteiger charge is -2.29. The Balaban J connectivity index is 2.25. The van der Waals surface area contributed by atoms with Gasteiger partial charge in [-0.15, -0.1) is 0 Å². The first-order valence-electron chi connectivity index (χ1n) is 8.60. The van der Waals surface area contributed by atoms with E-state index in [0.29, 0.717) is 11.1 Å². The third-order valence-electron chi connectivity index (χ3n) is 4.77. The van der Waals surface area contributed by atoms with Crippen molar-refractivity contribution in [3.63, 3.8) is 0 Å². The van der Waals surface area contributed by atoms with E-state index in [1.807, 2.05) is 0 Å². The molecule has 0 saturated carbocycles. The van der Waals surface area contributed by atoms with E-state index in [4.69, 9.17) is 0 Å². The molecule has 1 unspecified atom stereocenters. The van der Waals surface area contributed by atoms with Crippen molar-refractivity contribution in [3.05, 3.63) is 51.7 Å². The van der Waals surface area contributed by atoms with Gasteiger partial charge < -0.3 is 5.32 Å². The summed E-state index contributed by atoms with van der Waals surface area (Å²) in [6.07, 6.45) is -10.0. The van der Waals surface area contributed by atoms with E-state index in [0.717, 1.165) is 6.07 Å². The average molecular weight is 425 g/mol. The highest BCUT2D eigenvalue weighted by molar-refractivity contribution is 5.82. The molecule has 0 saturated heterocycles. The number of fused-ring (bicyclic) bond motifs is 1. The minimum absolute atomic E-state index is 0.235. The molecular weight excluding hydrogens is 412 g/mol. The first-order valence-corrected chi connectivity index (χ1v) is 8.60. The van der Waals surface area contributed by atoms with Crippen LogP contribution in [0.3, 0.4) is 0 Å². The van der Waals surface area contributed by atoms with Crippen molar-refractivity contribution < 1.29 is 26.3 Å². The van der Waals surface area contributed by atoms with Gasteiger partial charge in [0.1, 0.15) is 5.82 Å². The van der Waals surface area contributed by atoms with Crippen molar-refractivity contribution >= 4 is 10.9 Å². The molecule has 1 aromatic carbocycles. The second-order valence-corrected chi connectivity index (χ2v) is 6.66. The Bertz CT molecular complexity index is 1140. The van der Waals surface area contributed by atoms with Crippen LogP contribution in [0.1, 0.15) is 30.0 Å². The smallest absolute Gasteiger partial charge is 0.356 e. The average Bonchev–Trinajstić information content (AvgIpc) is 3.03. The molecule has 1 aliphatic rings. The molecule has 11 heteroatoms. The van der Waals surface area contributed by atoms with Gasteiger partial charge in [-0.1, -0.05) is 0 Å². The Morgan fingerprint density at radius 2 is 1.83 bits per heavy atom. The largest absolute Gasteiger partial charge is 0.389 e. The third kappa shape index (κ3) is 3.83. The predicted molar refractivity (Wildman–Crippen MR) is 93.2 cm³/mol. The number of dihydropyridines is 1. The van der Waals surface area contributed by atoms with Crippen molar-refractivity contribution in [2.24, 2.45) is 0 Å². The number of aromatic amines is 1. The first kappa shape index (κ1) is 21.2. The molecule has 3 rings (SSSR count). The third-order valence-corrected chi connectivity index (χ3v) is 4.77. The number of aryl methyl sites for hydroxylation is 1. The number of H-pyrrole nitrogens is 1. The molecule has 2 heterocycles. The lowest BCUT2D eigenvalue weighted by atomic mass is 9.80. The Morgan fingerprint density at radius 1 is 1.17 bits per heavy atom. The highest BCUT2D eigenvalue weighted by Crippen LogP contribution is 2.42. The van der Waals surface area contributed by atoms with E-state index in [-0.39, 0.29) is 11.1 Å². The van der Waals surface area contributed by atoms with Gasteiger partial charge in [-0.2, -0.15) is 28.8 Å². The van der Waals surface area contributed by atoms with Crippen molar-refractivity contribution in [3.8, 4) is 12.1 Å². The molecule has 1 atom stereocenters. The predicted octanol–water partition coefficient (Wildman–Crippen LogP) is 4.86. The fourth-order valence-corrected chi connectivity index (χ4v) is 3.37. The zero-order valence-corrected chi connectivity index (χ0v) is 15.3. The topological polar surface area (TPSA) is 88.3 Å². The zero-order chi connectivity index (χ0) is 22.2. The second kappa shape index (κ2) is 7.75. The van der Waals surface area contributed by atoms with Crippen LogP contribution in [0.5, 0.6) is 0 Å². The van der Waals surface area contributed by atoms with Crippen LogP contribution in [0.15, 0.2) is 34.7 Å². The number of rotatable bonds is 4. The van der Waals surface area contributed by atoms with Gasteiger partial charge in [-0.3, -0.25) is 5.10 Å². The summed E-state index contributed by atoms with van der Waals surface area (Å²) in [6, 6.07) is 5.51. The molecule has 5 nitrogen and oxygen atoms in total. The van der Waals surface area contributed by atoms with Crippen LogP contribution in [0.25, 0.3) is 10.9 Å². The molecule has 0 amide bonds. The lowest BCUT2D eigenvalue weighted by molar-refractivity contribution is -0.134. The van der Waals surface area contributed by atoms with Gasteiger partial charge in [0, 0.05) is 34.8 Å². The van der Waals surface area contributed by atoms with E-state index in [1.54, 1.807) is 19.1 Å². The maximum Gasteiger partial charge on any atom is 0.389 e. The summed E-state index contributed by atoms with van der Waals surface area (Å²) in [6.45, 7) is 1.63. The standard InChI is InChI=1S/C19H13F6N5/c1-8-9-4-10(13(20)5-15(9)30-29-8)16-11(6-26)14(2-3-19(23,24)25)28-17(18(21)22)12(16)7-27/h4-5,16,18,28H,2-3H2,1H3,(H,29,30). The van der Waals surface area contributed by atoms with Gasteiger partial charge in [-0.05, 0) is 19.4 Å². The summed E-state index contributed by atoms with van der Waals surface area (Å²) in [5.74, 6) is -2.50. The molecule has 2 N–H and O–H groups in total. The molecule has 156 valence electrons. The van der Waals surface area contributed by atoms with Crippen molar-refractivity contribution in [2.75, 3.05) is 0 Å². The zero-order valence-electron chi connectivity index (χ0n) is 15.3. The monoisotopic (exact) mass is 425 g/mol. The van der Waals surface area contributed by atoms with Gasteiger partial charge in [-0.25, -0.2) is 13.2 Å². The molecule has 30 heavy (non-hydrogen) atoms. The minimum atomic E-state index is -4.60. The van der Waals surface area contributed by atoms with Crippen LogP contribution < -0.4 is 5.32 Å². The summed E-state index contributed by atoms with van der Waals surface area (Å²) in [5.41, 5.74) is -1.92. The van der Waals surface area contributed by atoms with Gasteiger partial charge >= 0.3 is 6.18 Å². The number of halogens is 6. The SMILES string of the molecule is Cc1[nH]nc2cc(F)c(C3C(C#N)=C(CCC(F)(F)F)NC(C(F)F)=C3C#N)cc12. The lowest BCUT2D eigenvalue weighted by Crippen LogP contribution is -2.30. The molecule has 2 aromatic rings. The van der Waals surface area contributed by atoms with Gasteiger partial charge in [0.2, 0.25) is 0 Å². The van der Waals surface area contributed by atoms with Gasteiger partial charge in [0.15, 0.2) is 0 Å². The molecule has 0 radical (unpaired) electrons. The minimum Gasteiger partial charge on any atom is -0.356 e. The number of benzene rings is 1. The second-order valence-electron chi connectivity index (χ2n) is 6.66. The normalized spacial score (nSPS) is 17.3. The number of allylic oxidation sites excluding steroid dienone is 4. The Kier molecular flexibility index (Phi) is 5.49. The quantitative estimate of drug-likeness (QED) is 0.685. The van der Waals surface area contributed by atoms with Gasteiger partial charge in [0.25, 0.3) is 6.43 Å². The van der Waals surface area contributed by atoms with E-state index < -0.39 is 59.7 Å². The number of hydrogen-bond donors (Lipinski definition) is 2. The molecule has 0 aliphatic carbocycles. The number of nitriles is 2. The molecule has 0 fully saturated rings. The molecule has 1 aliphatic heterocycles. The molecule has 0 bridgehead atoms. The van der Waals surface area contributed by atoms with Crippen LogP contribution in [-0.2, 0) is 0 Å². The first-order chi connectivity index (χ1) is 14.1. The van der Waals surface area contributed by atoms with Crippen molar-refractivity contribution in [1.82, 2.24) is 15.5 Å². The Hall–Kier alpha value is -3.47. The summed E-state index contributed by atoms with van der Waals surface area (Å²) >= 11 is 0. The molecular formula is C19H13F6N5. The maximum absolute atomic E-state index is 14.9. The summed E-state index contributed by atoms with van der Waals surface area (Å²) < 4.78 is 80.1. The summed E-state index contributed by atoms with van der Waals surface area (Å²) in [7, 11) is 0. The summed E-state index contributed by atoms with van der Waals surface area (Å²) in [5, 5.41) is 28.1. The van der Waals surface area contributed by atoms with Crippen LogP contribution in [-0.4, -0.2) is 22.8 Å². The Labute approximate surface area is 166 Å². The number of aromatic nitrogens is 2. The number of hydrogen-bond acceptors (Lipinski definition) is 4. The van der Waals surface area contributed by atoms with Gasteiger partial charge in [0.05, 0.1) is 40.4 Å². The molecule has 1 aromatic heterocycles. The number of nitrogens with zero attached hydrogens (tertiary/aromatic N) is 3. The fourth-order valence-electron chi connectivity index (χ4n) is 3.37. The maximum atomic E-state index is 14.9. The van der Waals surface area contributed by atoms with Crippen molar-refractivity contribution in [2.45, 2.75) is 38.3 Å². The van der Waals surface area contributed by atoms with E-state index in [2.05, 4.69) is 15.5 Å². The van der Waals surface area contributed by atoms with Crippen molar-refractivity contribution in [1.29, 1.82) is 10.5 Å².